The zero-order valence-electron chi connectivity index (χ0n) is 8.67. The Morgan fingerprint density at radius 2 is 2.00 bits per heavy atom. The lowest BCUT2D eigenvalue weighted by Crippen LogP contribution is -1.89. The van der Waals surface area contributed by atoms with E-state index in [9.17, 15) is 0 Å². The SMILES string of the molecule is CCCCC(=CBr)Cc1ccccc1. The van der Waals surface area contributed by atoms with E-state index < -0.39 is 0 Å². The molecule has 0 N–H and O–H groups in total. The van der Waals surface area contributed by atoms with Crippen molar-refractivity contribution in [2.75, 3.05) is 0 Å². The first-order valence-electron chi connectivity index (χ1n) is 5.19. The van der Waals surface area contributed by atoms with Gasteiger partial charge in [0.2, 0.25) is 0 Å². The topological polar surface area (TPSA) is 0 Å². The molecule has 0 nitrogen and oxygen atoms in total. The van der Waals surface area contributed by atoms with Gasteiger partial charge in [0, 0.05) is 0 Å². The van der Waals surface area contributed by atoms with Crippen LogP contribution in [0.3, 0.4) is 0 Å². The predicted octanol–water partition coefficient (Wildman–Crippen LogP) is 4.70. The third-order valence-corrected chi connectivity index (χ3v) is 2.93. The lowest BCUT2D eigenvalue weighted by Gasteiger charge is -2.05. The molecule has 14 heavy (non-hydrogen) atoms. The van der Waals surface area contributed by atoms with Gasteiger partial charge in [0.1, 0.15) is 0 Å². The largest absolute Gasteiger partial charge is 0.0654 e. The Hall–Kier alpha value is -0.560. The Bertz CT molecular complexity index is 275. The second kappa shape index (κ2) is 6.83. The highest BCUT2D eigenvalue weighted by molar-refractivity contribution is 9.11. The van der Waals surface area contributed by atoms with E-state index in [0.29, 0.717) is 0 Å². The number of rotatable bonds is 5. The van der Waals surface area contributed by atoms with Crippen LogP contribution in [0.2, 0.25) is 0 Å². The lowest BCUT2D eigenvalue weighted by molar-refractivity contribution is 0.773. The summed E-state index contributed by atoms with van der Waals surface area (Å²) in [5.41, 5.74) is 2.88. The summed E-state index contributed by atoms with van der Waals surface area (Å²) in [5, 5.41) is 0. The zero-order chi connectivity index (χ0) is 10.2. The molecule has 1 rings (SSSR count). The van der Waals surface area contributed by atoms with E-state index in [1.54, 1.807) is 0 Å². The molecular formula is C13H17Br. The van der Waals surface area contributed by atoms with Crippen molar-refractivity contribution in [1.29, 1.82) is 0 Å². The Morgan fingerprint density at radius 1 is 1.29 bits per heavy atom. The van der Waals surface area contributed by atoms with Crippen LogP contribution in [0.15, 0.2) is 40.9 Å². The van der Waals surface area contributed by atoms with Crippen LogP contribution in [0.5, 0.6) is 0 Å². The summed E-state index contributed by atoms with van der Waals surface area (Å²) >= 11 is 3.44. The van der Waals surface area contributed by atoms with Gasteiger partial charge in [-0.05, 0) is 29.8 Å². The molecule has 0 fully saturated rings. The maximum absolute atomic E-state index is 3.44. The number of unbranched alkanes of at least 4 members (excludes halogenated alkanes) is 1. The Balaban J connectivity index is 2.50. The molecule has 0 saturated carbocycles. The second-order valence-electron chi connectivity index (χ2n) is 3.53. The molecule has 0 aliphatic heterocycles. The highest BCUT2D eigenvalue weighted by Gasteiger charge is 1.98. The van der Waals surface area contributed by atoms with Crippen LogP contribution in [0.4, 0.5) is 0 Å². The highest BCUT2D eigenvalue weighted by atomic mass is 79.9. The van der Waals surface area contributed by atoms with E-state index in [4.69, 9.17) is 0 Å². The third kappa shape index (κ3) is 4.10. The maximum Gasteiger partial charge on any atom is -0.00588 e. The predicted molar refractivity (Wildman–Crippen MR) is 66.7 cm³/mol. The normalized spacial score (nSPS) is 11.7. The molecule has 0 aromatic heterocycles. The van der Waals surface area contributed by atoms with Crippen molar-refractivity contribution in [2.45, 2.75) is 32.6 Å². The van der Waals surface area contributed by atoms with E-state index >= 15 is 0 Å². The molecule has 0 heterocycles. The lowest BCUT2D eigenvalue weighted by atomic mass is 10.0. The van der Waals surface area contributed by atoms with E-state index in [-0.39, 0.29) is 0 Å². The molecule has 1 aromatic rings. The summed E-state index contributed by atoms with van der Waals surface area (Å²) in [4.78, 5) is 2.08. The molecule has 0 amide bonds. The van der Waals surface area contributed by atoms with Crippen LogP contribution < -0.4 is 0 Å². The van der Waals surface area contributed by atoms with Crippen molar-refractivity contribution in [1.82, 2.24) is 0 Å². The molecule has 1 aromatic carbocycles. The molecule has 76 valence electrons. The quantitative estimate of drug-likeness (QED) is 0.713. The summed E-state index contributed by atoms with van der Waals surface area (Å²) in [6.45, 7) is 2.23. The average Bonchev–Trinajstić information content (AvgIpc) is 2.25. The standard InChI is InChI=1S/C13H17Br/c1-2-3-7-13(11-14)10-12-8-5-4-6-9-12/h4-6,8-9,11H,2-3,7,10H2,1H3. The summed E-state index contributed by atoms with van der Waals surface area (Å²) in [5.74, 6) is 0. The Labute approximate surface area is 95.2 Å². The van der Waals surface area contributed by atoms with Gasteiger partial charge in [-0.3, -0.25) is 0 Å². The van der Waals surface area contributed by atoms with Crippen molar-refractivity contribution < 1.29 is 0 Å². The van der Waals surface area contributed by atoms with Gasteiger partial charge >= 0.3 is 0 Å². The van der Waals surface area contributed by atoms with E-state index in [1.165, 1.54) is 30.4 Å². The van der Waals surface area contributed by atoms with Crippen LogP contribution in [-0.4, -0.2) is 0 Å². The Kier molecular flexibility index (Phi) is 5.62. The van der Waals surface area contributed by atoms with Crippen LogP contribution in [0.25, 0.3) is 0 Å². The van der Waals surface area contributed by atoms with E-state index in [0.717, 1.165) is 6.42 Å². The zero-order valence-corrected chi connectivity index (χ0v) is 10.3. The van der Waals surface area contributed by atoms with Gasteiger partial charge in [-0.15, -0.1) is 0 Å². The van der Waals surface area contributed by atoms with Gasteiger partial charge in [-0.25, -0.2) is 0 Å². The minimum Gasteiger partial charge on any atom is -0.0654 e. The first kappa shape index (κ1) is 11.5. The molecule has 0 aliphatic carbocycles. The van der Waals surface area contributed by atoms with Crippen molar-refractivity contribution >= 4 is 15.9 Å². The van der Waals surface area contributed by atoms with Crippen molar-refractivity contribution in [3.8, 4) is 0 Å². The van der Waals surface area contributed by atoms with Crippen molar-refractivity contribution in [3.63, 3.8) is 0 Å². The van der Waals surface area contributed by atoms with Crippen molar-refractivity contribution in [2.24, 2.45) is 0 Å². The number of allylic oxidation sites excluding steroid dienone is 1. The highest BCUT2D eigenvalue weighted by Crippen LogP contribution is 2.15. The van der Waals surface area contributed by atoms with Gasteiger partial charge in [-0.1, -0.05) is 65.2 Å². The molecule has 0 aliphatic rings. The molecule has 0 radical (unpaired) electrons. The minimum absolute atomic E-state index is 1.08. The van der Waals surface area contributed by atoms with Crippen LogP contribution in [0.1, 0.15) is 31.7 Å². The molecule has 0 unspecified atom stereocenters. The van der Waals surface area contributed by atoms with Gasteiger partial charge in [-0.2, -0.15) is 0 Å². The number of halogens is 1. The number of benzene rings is 1. The summed E-state index contributed by atoms with van der Waals surface area (Å²) in [6, 6.07) is 10.6. The summed E-state index contributed by atoms with van der Waals surface area (Å²) in [6.07, 6.45) is 4.83. The fraction of sp³-hybridized carbons (Fsp3) is 0.385. The number of hydrogen-bond donors (Lipinski definition) is 0. The minimum atomic E-state index is 1.08. The van der Waals surface area contributed by atoms with Crippen LogP contribution in [-0.2, 0) is 6.42 Å². The van der Waals surface area contributed by atoms with Gasteiger partial charge in [0.25, 0.3) is 0 Å². The van der Waals surface area contributed by atoms with Gasteiger partial charge in [0.15, 0.2) is 0 Å². The first-order valence-corrected chi connectivity index (χ1v) is 6.10. The molecule has 1 heteroatoms. The second-order valence-corrected chi connectivity index (χ2v) is 3.99. The summed E-state index contributed by atoms with van der Waals surface area (Å²) < 4.78 is 0. The third-order valence-electron chi connectivity index (χ3n) is 2.28. The maximum atomic E-state index is 3.44. The molecule has 0 spiro atoms. The van der Waals surface area contributed by atoms with Crippen molar-refractivity contribution in [3.05, 3.63) is 46.5 Å². The fourth-order valence-corrected chi connectivity index (χ4v) is 1.83. The smallest absolute Gasteiger partial charge is 0.00588 e. The van der Waals surface area contributed by atoms with E-state index in [1.807, 2.05) is 0 Å². The van der Waals surface area contributed by atoms with E-state index in [2.05, 4.69) is 58.2 Å². The summed E-state index contributed by atoms with van der Waals surface area (Å²) in [7, 11) is 0. The van der Waals surface area contributed by atoms with Crippen LogP contribution in [0, 0.1) is 0 Å². The molecule has 0 bridgehead atoms. The Morgan fingerprint density at radius 3 is 2.57 bits per heavy atom. The molecule has 0 atom stereocenters. The van der Waals surface area contributed by atoms with Gasteiger partial charge < -0.3 is 0 Å². The molecular weight excluding hydrogens is 236 g/mol. The monoisotopic (exact) mass is 252 g/mol. The molecule has 0 saturated heterocycles. The average molecular weight is 253 g/mol. The fourth-order valence-electron chi connectivity index (χ4n) is 1.44. The van der Waals surface area contributed by atoms with Gasteiger partial charge in [0.05, 0.1) is 0 Å². The van der Waals surface area contributed by atoms with Crippen LogP contribution >= 0.6 is 15.9 Å². The number of hydrogen-bond acceptors (Lipinski definition) is 0. The first-order chi connectivity index (χ1) is 6.86.